The molecule has 0 radical (unpaired) electrons. The summed E-state index contributed by atoms with van der Waals surface area (Å²) in [5, 5.41) is 1.45. The molecule has 0 spiro atoms. The fraction of sp³-hybridized carbons (Fsp3) is 0.200. The first-order valence-corrected chi connectivity index (χ1v) is 4.40. The fourth-order valence-electron chi connectivity index (χ4n) is 1.18. The predicted octanol–water partition coefficient (Wildman–Crippen LogP) is 4.33. The number of allylic oxidation sites excluding steroid dienone is 1. The van der Waals surface area contributed by atoms with E-state index >= 15 is 0 Å². The van der Waals surface area contributed by atoms with E-state index in [0.717, 1.165) is 21.7 Å². The minimum absolute atomic E-state index is 0.712. The van der Waals surface area contributed by atoms with Gasteiger partial charge in [-0.15, -0.1) is 0 Å². The van der Waals surface area contributed by atoms with Crippen molar-refractivity contribution in [3.8, 4) is 0 Å². The first kappa shape index (κ1) is 9.63. The van der Waals surface area contributed by atoms with Crippen molar-refractivity contribution in [2.75, 3.05) is 0 Å². The van der Waals surface area contributed by atoms with Gasteiger partial charge in [-0.25, -0.2) is 0 Å². The number of halogens is 2. The van der Waals surface area contributed by atoms with Crippen LogP contribution in [0.25, 0.3) is 5.57 Å². The van der Waals surface area contributed by atoms with Gasteiger partial charge in [-0.2, -0.15) is 0 Å². The minimum Gasteiger partial charge on any atom is -0.0955 e. The zero-order chi connectivity index (χ0) is 9.30. The Morgan fingerprint density at radius 3 is 2.17 bits per heavy atom. The normalized spacial score (nSPS) is 10.0. The van der Waals surface area contributed by atoms with Crippen molar-refractivity contribution in [3.63, 3.8) is 0 Å². The van der Waals surface area contributed by atoms with E-state index in [1.54, 1.807) is 12.1 Å². The standard InChI is InChI=1S/C10H10Cl2/c1-6(2)10-7(3)8(11)4-5-9(10)12/h4-5H,1H2,2-3H3. The minimum atomic E-state index is 0.712. The molecule has 1 aromatic rings. The number of rotatable bonds is 1. The van der Waals surface area contributed by atoms with E-state index in [2.05, 4.69) is 6.58 Å². The SMILES string of the molecule is C=C(C)c1c(Cl)ccc(Cl)c1C. The number of benzene rings is 1. The Bertz CT molecular complexity index is 327. The number of hydrogen-bond acceptors (Lipinski definition) is 0. The van der Waals surface area contributed by atoms with E-state index < -0.39 is 0 Å². The summed E-state index contributed by atoms with van der Waals surface area (Å²) in [6, 6.07) is 3.59. The fourth-order valence-corrected chi connectivity index (χ4v) is 1.70. The average molecular weight is 201 g/mol. The summed E-state index contributed by atoms with van der Waals surface area (Å²) in [6.45, 7) is 7.71. The van der Waals surface area contributed by atoms with Gasteiger partial charge in [0.25, 0.3) is 0 Å². The molecule has 0 aliphatic carbocycles. The van der Waals surface area contributed by atoms with Gasteiger partial charge in [-0.05, 0) is 42.7 Å². The summed E-state index contributed by atoms with van der Waals surface area (Å²) >= 11 is 11.9. The van der Waals surface area contributed by atoms with Crippen molar-refractivity contribution in [2.24, 2.45) is 0 Å². The molecule has 0 bridgehead atoms. The van der Waals surface area contributed by atoms with Crippen molar-refractivity contribution < 1.29 is 0 Å². The molecular formula is C10H10Cl2. The van der Waals surface area contributed by atoms with Crippen LogP contribution >= 0.6 is 23.2 Å². The Labute approximate surface area is 82.8 Å². The van der Waals surface area contributed by atoms with Gasteiger partial charge in [-0.3, -0.25) is 0 Å². The van der Waals surface area contributed by atoms with Gasteiger partial charge in [0, 0.05) is 10.0 Å². The van der Waals surface area contributed by atoms with Gasteiger partial charge in [0.2, 0.25) is 0 Å². The largest absolute Gasteiger partial charge is 0.0955 e. The molecule has 1 aromatic carbocycles. The lowest BCUT2D eigenvalue weighted by Gasteiger charge is -2.08. The molecule has 64 valence electrons. The highest BCUT2D eigenvalue weighted by atomic mass is 35.5. The molecular weight excluding hydrogens is 191 g/mol. The Balaban J connectivity index is 3.43. The van der Waals surface area contributed by atoms with E-state index in [1.807, 2.05) is 13.8 Å². The van der Waals surface area contributed by atoms with Crippen molar-refractivity contribution >= 4 is 28.8 Å². The van der Waals surface area contributed by atoms with Crippen LogP contribution in [-0.4, -0.2) is 0 Å². The summed E-state index contributed by atoms with van der Waals surface area (Å²) < 4.78 is 0. The third-order valence-corrected chi connectivity index (χ3v) is 2.50. The van der Waals surface area contributed by atoms with Gasteiger partial charge in [0.15, 0.2) is 0 Å². The van der Waals surface area contributed by atoms with E-state index in [0.29, 0.717) is 5.02 Å². The zero-order valence-corrected chi connectivity index (χ0v) is 8.63. The molecule has 0 unspecified atom stereocenters. The Morgan fingerprint density at radius 1 is 1.25 bits per heavy atom. The average Bonchev–Trinajstić information content (AvgIpc) is 1.97. The summed E-state index contributed by atoms with van der Waals surface area (Å²) in [5.41, 5.74) is 2.90. The molecule has 1 rings (SSSR count). The van der Waals surface area contributed by atoms with Crippen LogP contribution in [0, 0.1) is 6.92 Å². The van der Waals surface area contributed by atoms with Crippen molar-refractivity contribution in [1.82, 2.24) is 0 Å². The first-order valence-electron chi connectivity index (χ1n) is 3.64. The smallest absolute Gasteiger partial charge is 0.0484 e. The third-order valence-electron chi connectivity index (χ3n) is 1.77. The molecule has 0 N–H and O–H groups in total. The quantitative estimate of drug-likeness (QED) is 0.634. The predicted molar refractivity (Wildman–Crippen MR) is 55.9 cm³/mol. The highest BCUT2D eigenvalue weighted by Crippen LogP contribution is 2.30. The summed E-state index contributed by atoms with van der Waals surface area (Å²) in [5.74, 6) is 0. The third kappa shape index (κ3) is 1.65. The van der Waals surface area contributed by atoms with Crippen LogP contribution in [0.1, 0.15) is 18.1 Å². The van der Waals surface area contributed by atoms with Gasteiger partial charge in [0.05, 0.1) is 0 Å². The second kappa shape index (κ2) is 3.51. The van der Waals surface area contributed by atoms with E-state index in [1.165, 1.54) is 0 Å². The maximum atomic E-state index is 5.98. The second-order valence-electron chi connectivity index (χ2n) is 2.81. The maximum Gasteiger partial charge on any atom is 0.0484 e. The molecule has 2 heteroatoms. The topological polar surface area (TPSA) is 0 Å². The molecule has 0 aromatic heterocycles. The highest BCUT2D eigenvalue weighted by Gasteiger charge is 2.07. The Morgan fingerprint density at radius 2 is 1.75 bits per heavy atom. The van der Waals surface area contributed by atoms with Crippen molar-refractivity contribution in [2.45, 2.75) is 13.8 Å². The van der Waals surface area contributed by atoms with Gasteiger partial charge in [-0.1, -0.05) is 29.8 Å². The van der Waals surface area contributed by atoms with Gasteiger partial charge in [0.1, 0.15) is 0 Å². The molecule has 0 heterocycles. The van der Waals surface area contributed by atoms with E-state index in [9.17, 15) is 0 Å². The van der Waals surface area contributed by atoms with E-state index in [-0.39, 0.29) is 0 Å². The Hall–Kier alpha value is -0.460. The lowest BCUT2D eigenvalue weighted by atomic mass is 10.0. The molecule has 0 atom stereocenters. The molecule has 0 saturated heterocycles. The maximum absolute atomic E-state index is 5.98. The molecule has 0 nitrogen and oxygen atoms in total. The molecule has 0 amide bonds. The van der Waals surface area contributed by atoms with Crippen molar-refractivity contribution in [3.05, 3.63) is 39.9 Å². The van der Waals surface area contributed by atoms with Crippen LogP contribution in [0.2, 0.25) is 10.0 Å². The molecule has 0 aliphatic heterocycles. The van der Waals surface area contributed by atoms with Gasteiger partial charge < -0.3 is 0 Å². The van der Waals surface area contributed by atoms with Crippen LogP contribution in [0.5, 0.6) is 0 Å². The first-order chi connectivity index (χ1) is 5.54. The van der Waals surface area contributed by atoms with E-state index in [4.69, 9.17) is 23.2 Å². The molecule has 0 fully saturated rings. The van der Waals surface area contributed by atoms with Crippen molar-refractivity contribution in [1.29, 1.82) is 0 Å². The lowest BCUT2D eigenvalue weighted by Crippen LogP contribution is -1.87. The zero-order valence-electron chi connectivity index (χ0n) is 7.12. The second-order valence-corrected chi connectivity index (χ2v) is 3.62. The van der Waals surface area contributed by atoms with Crippen LogP contribution in [0.4, 0.5) is 0 Å². The molecule has 0 aliphatic rings. The Kier molecular flexibility index (Phi) is 2.81. The van der Waals surface area contributed by atoms with Crippen LogP contribution in [-0.2, 0) is 0 Å². The monoisotopic (exact) mass is 200 g/mol. The van der Waals surface area contributed by atoms with Crippen LogP contribution < -0.4 is 0 Å². The van der Waals surface area contributed by atoms with Crippen LogP contribution in [0.3, 0.4) is 0 Å². The van der Waals surface area contributed by atoms with Gasteiger partial charge >= 0.3 is 0 Å². The lowest BCUT2D eigenvalue weighted by molar-refractivity contribution is 1.41. The highest BCUT2D eigenvalue weighted by molar-refractivity contribution is 6.35. The summed E-state index contributed by atoms with van der Waals surface area (Å²) in [4.78, 5) is 0. The number of hydrogen-bond donors (Lipinski definition) is 0. The molecule has 0 saturated carbocycles. The summed E-state index contributed by atoms with van der Waals surface area (Å²) in [7, 11) is 0. The van der Waals surface area contributed by atoms with Crippen LogP contribution in [0.15, 0.2) is 18.7 Å². The molecule has 12 heavy (non-hydrogen) atoms. The summed E-state index contributed by atoms with van der Waals surface area (Å²) in [6.07, 6.45) is 0.